The van der Waals surface area contributed by atoms with Gasteiger partial charge >= 0.3 is 0 Å². The average Bonchev–Trinajstić information content (AvgIpc) is 2.96. The summed E-state index contributed by atoms with van der Waals surface area (Å²) in [5.74, 6) is 0.775. The van der Waals surface area contributed by atoms with Crippen molar-refractivity contribution in [2.24, 2.45) is 0 Å². The summed E-state index contributed by atoms with van der Waals surface area (Å²) in [6.45, 7) is 6.96. The molecule has 0 bridgehead atoms. The van der Waals surface area contributed by atoms with Crippen LogP contribution in [0.1, 0.15) is 31.2 Å². The molecule has 3 rings (SSSR count). The number of carbonyl (C=O) groups excluding carboxylic acids is 1. The number of benzene rings is 1. The van der Waals surface area contributed by atoms with E-state index < -0.39 is 6.10 Å². The van der Waals surface area contributed by atoms with Crippen molar-refractivity contribution in [3.63, 3.8) is 0 Å². The van der Waals surface area contributed by atoms with Gasteiger partial charge in [-0.2, -0.15) is 0 Å². The van der Waals surface area contributed by atoms with Gasteiger partial charge < -0.3 is 19.6 Å². The van der Waals surface area contributed by atoms with E-state index in [0.717, 1.165) is 63.5 Å². The molecule has 1 aromatic carbocycles. The van der Waals surface area contributed by atoms with Crippen LogP contribution in [0.15, 0.2) is 18.2 Å². The summed E-state index contributed by atoms with van der Waals surface area (Å²) in [5, 5.41) is 11.1. The number of hydrogen-bond acceptors (Lipinski definition) is 5. The van der Waals surface area contributed by atoms with Crippen LogP contribution in [-0.4, -0.2) is 84.7 Å². The number of piperazine rings is 1. The number of likely N-dealkylation sites (tertiary alicyclic amines) is 1. The fourth-order valence-corrected chi connectivity index (χ4v) is 4.13. The number of carbonyl (C=O) groups is 1. The Balaban J connectivity index is 1.52. The van der Waals surface area contributed by atoms with Crippen LogP contribution in [-0.2, 0) is 11.3 Å². The van der Waals surface area contributed by atoms with E-state index in [0.29, 0.717) is 11.6 Å². The van der Waals surface area contributed by atoms with Gasteiger partial charge in [0.1, 0.15) is 18.5 Å². The zero-order valence-corrected chi connectivity index (χ0v) is 17.3. The number of β-amino-alcohol motifs (C(OH)–C–C–N with tert-alkyl or cyclic N) is 1. The van der Waals surface area contributed by atoms with Crippen molar-refractivity contribution in [2.45, 2.75) is 38.3 Å². The van der Waals surface area contributed by atoms with Crippen LogP contribution >= 0.6 is 11.6 Å². The number of nitrogens with zero attached hydrogens (tertiary/aromatic N) is 3. The molecule has 2 heterocycles. The topological polar surface area (TPSA) is 56.3 Å². The first-order valence-corrected chi connectivity index (χ1v) is 10.7. The normalized spacial score (nSPS) is 20.6. The lowest BCUT2D eigenvalue weighted by molar-refractivity contribution is -0.119. The standard InChI is InChI=1S/C21H32ClN3O3/c22-19-5-6-21(18(13-19)14-24-9-11-25(17-26)12-10-24)28-16-20(27)15-23-7-3-1-2-4-8-23/h5-6,13,17,20,27H,1-4,7-12,14-16H2. The molecule has 28 heavy (non-hydrogen) atoms. The van der Waals surface area contributed by atoms with Gasteiger partial charge in [0.25, 0.3) is 0 Å². The highest BCUT2D eigenvalue weighted by molar-refractivity contribution is 6.30. The highest BCUT2D eigenvalue weighted by Crippen LogP contribution is 2.25. The van der Waals surface area contributed by atoms with Crippen molar-refractivity contribution in [3.8, 4) is 5.75 Å². The highest BCUT2D eigenvalue weighted by atomic mass is 35.5. The molecule has 2 aliphatic rings. The van der Waals surface area contributed by atoms with Gasteiger partial charge in [0.2, 0.25) is 6.41 Å². The van der Waals surface area contributed by atoms with E-state index in [4.69, 9.17) is 16.3 Å². The summed E-state index contributed by atoms with van der Waals surface area (Å²) >= 11 is 6.20. The molecule has 1 unspecified atom stereocenters. The number of hydrogen-bond donors (Lipinski definition) is 1. The van der Waals surface area contributed by atoms with Crippen molar-refractivity contribution in [3.05, 3.63) is 28.8 Å². The van der Waals surface area contributed by atoms with Gasteiger partial charge in [0.05, 0.1) is 0 Å². The lowest BCUT2D eigenvalue weighted by atomic mass is 10.1. The van der Waals surface area contributed by atoms with Gasteiger partial charge in [-0.3, -0.25) is 9.69 Å². The fraction of sp³-hybridized carbons (Fsp3) is 0.667. The zero-order chi connectivity index (χ0) is 19.8. The van der Waals surface area contributed by atoms with Crippen molar-refractivity contribution in [1.29, 1.82) is 0 Å². The Morgan fingerprint density at radius 1 is 1.04 bits per heavy atom. The summed E-state index contributed by atoms with van der Waals surface area (Å²) < 4.78 is 5.98. The maximum atomic E-state index is 10.9. The van der Waals surface area contributed by atoms with E-state index in [1.165, 1.54) is 25.7 Å². The first-order chi connectivity index (χ1) is 13.6. The number of ether oxygens (including phenoxy) is 1. The molecule has 6 nitrogen and oxygen atoms in total. The van der Waals surface area contributed by atoms with Crippen molar-refractivity contribution in [1.82, 2.24) is 14.7 Å². The minimum Gasteiger partial charge on any atom is -0.491 e. The van der Waals surface area contributed by atoms with Gasteiger partial charge in [-0.1, -0.05) is 24.4 Å². The summed E-state index contributed by atoms with van der Waals surface area (Å²) in [4.78, 5) is 17.3. The second kappa shape index (κ2) is 11.0. The highest BCUT2D eigenvalue weighted by Gasteiger charge is 2.19. The zero-order valence-electron chi connectivity index (χ0n) is 16.6. The van der Waals surface area contributed by atoms with Crippen LogP contribution < -0.4 is 4.74 Å². The van der Waals surface area contributed by atoms with E-state index in [1.807, 2.05) is 18.2 Å². The number of aliphatic hydroxyl groups excluding tert-OH is 1. The molecule has 1 amide bonds. The van der Waals surface area contributed by atoms with E-state index in [1.54, 1.807) is 4.90 Å². The van der Waals surface area contributed by atoms with Gasteiger partial charge in [-0.15, -0.1) is 0 Å². The smallest absolute Gasteiger partial charge is 0.209 e. The molecule has 1 atom stereocenters. The third-order valence-corrected chi connectivity index (χ3v) is 5.81. The molecule has 7 heteroatoms. The molecule has 2 saturated heterocycles. The maximum absolute atomic E-state index is 10.9. The van der Waals surface area contributed by atoms with E-state index in [2.05, 4.69) is 9.80 Å². The SMILES string of the molecule is O=CN1CCN(Cc2cc(Cl)ccc2OCC(O)CN2CCCCCC2)CC1. The van der Waals surface area contributed by atoms with Gasteiger partial charge in [0.15, 0.2) is 0 Å². The molecule has 1 N–H and O–H groups in total. The number of halogens is 1. The first kappa shape index (κ1) is 21.4. The summed E-state index contributed by atoms with van der Waals surface area (Å²) in [6.07, 6.45) is 5.42. The monoisotopic (exact) mass is 409 g/mol. The van der Waals surface area contributed by atoms with Gasteiger partial charge in [0, 0.05) is 49.9 Å². The Morgan fingerprint density at radius 2 is 1.75 bits per heavy atom. The Hall–Kier alpha value is -1.34. The summed E-state index contributed by atoms with van der Waals surface area (Å²) in [6, 6.07) is 5.65. The molecule has 0 aliphatic carbocycles. The molecule has 0 spiro atoms. The predicted molar refractivity (Wildman–Crippen MR) is 111 cm³/mol. The Labute approximate surface area is 173 Å². The van der Waals surface area contributed by atoms with Gasteiger partial charge in [-0.05, 0) is 44.1 Å². The van der Waals surface area contributed by atoms with Crippen LogP contribution in [0.25, 0.3) is 0 Å². The number of amides is 1. The first-order valence-electron chi connectivity index (χ1n) is 10.4. The van der Waals surface area contributed by atoms with Crippen LogP contribution in [0.2, 0.25) is 5.02 Å². The van der Waals surface area contributed by atoms with Gasteiger partial charge in [-0.25, -0.2) is 0 Å². The van der Waals surface area contributed by atoms with Crippen LogP contribution in [0.3, 0.4) is 0 Å². The van der Waals surface area contributed by atoms with E-state index >= 15 is 0 Å². The molecule has 2 fully saturated rings. The Kier molecular flexibility index (Phi) is 8.40. The fourth-order valence-electron chi connectivity index (χ4n) is 3.94. The maximum Gasteiger partial charge on any atom is 0.209 e. The average molecular weight is 410 g/mol. The minimum absolute atomic E-state index is 0.282. The third-order valence-electron chi connectivity index (χ3n) is 5.57. The molecule has 1 aromatic rings. The number of aliphatic hydroxyl groups is 1. The van der Waals surface area contributed by atoms with Crippen LogP contribution in [0.4, 0.5) is 0 Å². The van der Waals surface area contributed by atoms with Crippen molar-refractivity contribution >= 4 is 18.0 Å². The lowest BCUT2D eigenvalue weighted by Crippen LogP contribution is -2.45. The molecule has 0 aromatic heterocycles. The molecule has 156 valence electrons. The van der Waals surface area contributed by atoms with Crippen molar-refractivity contribution in [2.75, 3.05) is 52.4 Å². The second-order valence-electron chi connectivity index (χ2n) is 7.85. The molecular weight excluding hydrogens is 378 g/mol. The molecule has 0 radical (unpaired) electrons. The van der Waals surface area contributed by atoms with Crippen LogP contribution in [0, 0.1) is 0 Å². The molecular formula is C21H32ClN3O3. The van der Waals surface area contributed by atoms with Crippen LogP contribution in [0.5, 0.6) is 5.75 Å². The summed E-state index contributed by atoms with van der Waals surface area (Å²) in [5.41, 5.74) is 1.02. The lowest BCUT2D eigenvalue weighted by Gasteiger charge is -2.32. The third kappa shape index (κ3) is 6.62. The van der Waals surface area contributed by atoms with E-state index in [-0.39, 0.29) is 6.61 Å². The second-order valence-corrected chi connectivity index (χ2v) is 8.29. The number of rotatable bonds is 8. The minimum atomic E-state index is -0.502. The van der Waals surface area contributed by atoms with Crippen molar-refractivity contribution < 1.29 is 14.6 Å². The van der Waals surface area contributed by atoms with E-state index in [9.17, 15) is 9.90 Å². The predicted octanol–water partition coefficient (Wildman–Crippen LogP) is 2.23. The largest absolute Gasteiger partial charge is 0.491 e. The quantitative estimate of drug-likeness (QED) is 0.667. The summed E-state index contributed by atoms with van der Waals surface area (Å²) in [7, 11) is 0. The molecule has 2 aliphatic heterocycles. The Bertz CT molecular complexity index is 615. The molecule has 0 saturated carbocycles. The Morgan fingerprint density at radius 3 is 2.43 bits per heavy atom.